The predicted molar refractivity (Wildman–Crippen MR) is 47.6 cm³/mol. The van der Waals surface area contributed by atoms with Gasteiger partial charge in [-0.05, 0) is 7.05 Å². The van der Waals surface area contributed by atoms with Crippen molar-refractivity contribution in [1.29, 1.82) is 5.26 Å². The van der Waals surface area contributed by atoms with E-state index in [0.717, 1.165) is 39.3 Å². The molecule has 0 aromatic carbocycles. The lowest BCUT2D eigenvalue weighted by atomic mass is 10.3. The summed E-state index contributed by atoms with van der Waals surface area (Å²) in [6, 6.07) is 0. The molecule has 0 spiro atoms. The summed E-state index contributed by atoms with van der Waals surface area (Å²) < 4.78 is 0. The van der Waals surface area contributed by atoms with Crippen LogP contribution in [0.15, 0.2) is 0 Å². The molecule has 4 nitrogen and oxygen atoms in total. The van der Waals surface area contributed by atoms with E-state index in [0.29, 0.717) is 0 Å². The first kappa shape index (κ1) is 9.30. The average Bonchev–Trinajstić information content (AvgIpc) is 2.09. The second kappa shape index (κ2) is 4.96. The van der Waals surface area contributed by atoms with Gasteiger partial charge in [0.25, 0.3) is 0 Å². The minimum Gasteiger partial charge on any atom is -0.323 e. The second-order valence-electron chi connectivity index (χ2n) is 3.18. The summed E-state index contributed by atoms with van der Waals surface area (Å²) in [7, 11) is 2.14. The lowest BCUT2D eigenvalue weighted by Gasteiger charge is -2.32. The molecule has 0 aromatic heterocycles. The fraction of sp³-hybridized carbons (Fsp3) is 0.875. The molecule has 1 heterocycles. The van der Waals surface area contributed by atoms with Crippen molar-refractivity contribution in [2.24, 2.45) is 0 Å². The number of hydrogen-bond donors (Lipinski definition) is 1. The van der Waals surface area contributed by atoms with Gasteiger partial charge in [0.15, 0.2) is 6.19 Å². The van der Waals surface area contributed by atoms with E-state index in [1.165, 1.54) is 0 Å². The molecule has 0 unspecified atom stereocenters. The van der Waals surface area contributed by atoms with Gasteiger partial charge < -0.3 is 10.2 Å². The fourth-order valence-corrected chi connectivity index (χ4v) is 1.34. The van der Waals surface area contributed by atoms with Crippen LogP contribution in [0.2, 0.25) is 0 Å². The van der Waals surface area contributed by atoms with Crippen LogP contribution in [0.5, 0.6) is 0 Å². The van der Waals surface area contributed by atoms with Crippen molar-refractivity contribution < 1.29 is 0 Å². The summed E-state index contributed by atoms with van der Waals surface area (Å²) >= 11 is 0. The van der Waals surface area contributed by atoms with Gasteiger partial charge in [0.1, 0.15) is 0 Å². The highest BCUT2D eigenvalue weighted by Gasteiger charge is 2.12. The van der Waals surface area contributed by atoms with Gasteiger partial charge in [0.2, 0.25) is 0 Å². The van der Waals surface area contributed by atoms with E-state index in [4.69, 9.17) is 5.26 Å². The predicted octanol–water partition coefficient (Wildman–Crippen LogP) is -0.696. The Kier molecular flexibility index (Phi) is 3.85. The largest absolute Gasteiger partial charge is 0.323 e. The summed E-state index contributed by atoms with van der Waals surface area (Å²) in [5.41, 5.74) is 0. The number of nitrogens with zero attached hydrogens (tertiary/aromatic N) is 3. The van der Waals surface area contributed by atoms with Crippen LogP contribution in [-0.2, 0) is 0 Å². The van der Waals surface area contributed by atoms with E-state index in [2.05, 4.69) is 22.2 Å². The van der Waals surface area contributed by atoms with Gasteiger partial charge in [-0.25, -0.2) is 0 Å². The Labute approximate surface area is 73.8 Å². The minimum atomic E-state index is 0.778. The normalized spacial score (nSPS) is 20.3. The van der Waals surface area contributed by atoms with Crippen molar-refractivity contribution in [2.45, 2.75) is 0 Å². The quantitative estimate of drug-likeness (QED) is 0.344. The molecule has 0 aliphatic carbocycles. The molecule has 68 valence electrons. The van der Waals surface area contributed by atoms with Crippen LogP contribution in [0.25, 0.3) is 0 Å². The van der Waals surface area contributed by atoms with E-state index in [-0.39, 0.29) is 0 Å². The molecule has 1 N–H and O–H groups in total. The van der Waals surface area contributed by atoms with Crippen LogP contribution in [-0.4, -0.2) is 56.1 Å². The molecule has 0 bridgehead atoms. The van der Waals surface area contributed by atoms with Gasteiger partial charge in [-0.1, -0.05) is 0 Å². The van der Waals surface area contributed by atoms with Crippen LogP contribution in [0.4, 0.5) is 0 Å². The summed E-state index contributed by atoms with van der Waals surface area (Å²) in [6.07, 6.45) is 1.93. The Balaban J connectivity index is 2.06. The smallest absolute Gasteiger partial charge is 0.176 e. The lowest BCUT2D eigenvalue weighted by Crippen LogP contribution is -2.46. The third kappa shape index (κ3) is 3.07. The molecule has 1 aliphatic rings. The number of nitrogens with one attached hydrogen (secondary N) is 1. The van der Waals surface area contributed by atoms with Gasteiger partial charge in [-0.3, -0.25) is 4.90 Å². The van der Waals surface area contributed by atoms with Crippen molar-refractivity contribution >= 4 is 0 Å². The van der Waals surface area contributed by atoms with Crippen molar-refractivity contribution in [2.75, 3.05) is 46.3 Å². The van der Waals surface area contributed by atoms with E-state index in [9.17, 15) is 0 Å². The van der Waals surface area contributed by atoms with Gasteiger partial charge in [0.05, 0.1) is 0 Å². The maximum Gasteiger partial charge on any atom is 0.176 e. The fourth-order valence-electron chi connectivity index (χ4n) is 1.34. The number of likely N-dealkylation sites (N-methyl/N-ethyl adjacent to an activating group) is 1. The lowest BCUT2D eigenvalue weighted by molar-refractivity contribution is 0.156. The molecule has 0 amide bonds. The summed E-state index contributed by atoms with van der Waals surface area (Å²) in [6.45, 7) is 6.31. The third-order valence-electron chi connectivity index (χ3n) is 2.23. The molecular weight excluding hydrogens is 152 g/mol. The third-order valence-corrected chi connectivity index (χ3v) is 2.23. The Hall–Kier alpha value is -0.790. The number of piperazine rings is 1. The number of rotatable bonds is 3. The Morgan fingerprint density at radius 1 is 1.33 bits per heavy atom. The van der Waals surface area contributed by atoms with E-state index >= 15 is 0 Å². The van der Waals surface area contributed by atoms with Crippen LogP contribution in [0, 0.1) is 11.5 Å². The number of nitriles is 1. The highest BCUT2D eigenvalue weighted by atomic mass is 15.2. The molecule has 0 atom stereocenters. The molecule has 0 radical (unpaired) electrons. The zero-order chi connectivity index (χ0) is 8.81. The molecule has 1 fully saturated rings. The molecule has 1 aliphatic heterocycles. The van der Waals surface area contributed by atoms with Crippen LogP contribution < -0.4 is 5.32 Å². The standard InChI is InChI=1S/C8H16N4/c1-11-4-6-12(7-5-11)3-2-10-8-9/h10H,2-7H2,1H3. The average molecular weight is 168 g/mol. The van der Waals surface area contributed by atoms with E-state index in [1.807, 2.05) is 6.19 Å². The second-order valence-corrected chi connectivity index (χ2v) is 3.18. The van der Waals surface area contributed by atoms with Crippen molar-refractivity contribution in [3.63, 3.8) is 0 Å². The SMILES string of the molecule is CN1CCN(CCNC#N)CC1. The summed E-state index contributed by atoms with van der Waals surface area (Å²) in [4.78, 5) is 4.71. The highest BCUT2D eigenvalue weighted by molar-refractivity contribution is 4.72. The first-order valence-electron chi connectivity index (χ1n) is 4.36. The molecule has 0 aromatic rings. The van der Waals surface area contributed by atoms with Crippen molar-refractivity contribution in [3.05, 3.63) is 0 Å². The van der Waals surface area contributed by atoms with Gasteiger partial charge >= 0.3 is 0 Å². The molecule has 4 heteroatoms. The maximum atomic E-state index is 8.25. The Bertz CT molecular complexity index is 155. The van der Waals surface area contributed by atoms with Gasteiger partial charge in [-0.15, -0.1) is 0 Å². The summed E-state index contributed by atoms with van der Waals surface area (Å²) in [5, 5.41) is 10.9. The van der Waals surface area contributed by atoms with Gasteiger partial charge in [0, 0.05) is 39.3 Å². The highest BCUT2D eigenvalue weighted by Crippen LogP contribution is 1.96. The topological polar surface area (TPSA) is 42.3 Å². The molecule has 1 saturated heterocycles. The zero-order valence-electron chi connectivity index (χ0n) is 7.58. The van der Waals surface area contributed by atoms with E-state index < -0.39 is 0 Å². The van der Waals surface area contributed by atoms with E-state index in [1.54, 1.807) is 0 Å². The first-order valence-corrected chi connectivity index (χ1v) is 4.36. The first-order chi connectivity index (χ1) is 5.83. The molecule has 0 saturated carbocycles. The van der Waals surface area contributed by atoms with Crippen molar-refractivity contribution in [1.82, 2.24) is 15.1 Å². The molecule has 12 heavy (non-hydrogen) atoms. The van der Waals surface area contributed by atoms with Gasteiger partial charge in [-0.2, -0.15) is 5.26 Å². The molecular formula is C8H16N4. The van der Waals surface area contributed by atoms with Crippen molar-refractivity contribution in [3.8, 4) is 6.19 Å². The Morgan fingerprint density at radius 2 is 2.00 bits per heavy atom. The van der Waals surface area contributed by atoms with Crippen LogP contribution in [0.1, 0.15) is 0 Å². The summed E-state index contributed by atoms with van der Waals surface area (Å²) in [5.74, 6) is 0. The Morgan fingerprint density at radius 3 is 2.58 bits per heavy atom. The van der Waals surface area contributed by atoms with Crippen LogP contribution >= 0.6 is 0 Å². The molecule has 1 rings (SSSR count). The minimum absolute atomic E-state index is 0.778. The zero-order valence-corrected chi connectivity index (χ0v) is 7.58. The monoisotopic (exact) mass is 168 g/mol. The van der Waals surface area contributed by atoms with Crippen LogP contribution in [0.3, 0.4) is 0 Å². The number of hydrogen-bond acceptors (Lipinski definition) is 4. The maximum absolute atomic E-state index is 8.25.